The highest BCUT2D eigenvalue weighted by Gasteiger charge is 2.33. The van der Waals surface area contributed by atoms with Crippen molar-refractivity contribution < 1.29 is 22.7 Å². The minimum atomic E-state index is -3.73. The van der Waals surface area contributed by atoms with Gasteiger partial charge in [0.25, 0.3) is 10.0 Å². The maximum Gasteiger partial charge on any atom is 0.338 e. The van der Waals surface area contributed by atoms with E-state index in [9.17, 15) is 13.2 Å². The monoisotopic (exact) mass is 375 g/mol. The largest absolute Gasteiger partial charge is 0.462 e. The van der Waals surface area contributed by atoms with E-state index in [-0.39, 0.29) is 24.2 Å². The summed E-state index contributed by atoms with van der Waals surface area (Å²) in [5.41, 5.74) is 1.85. The zero-order chi connectivity index (χ0) is 18.7. The molecule has 138 valence electrons. The van der Waals surface area contributed by atoms with Gasteiger partial charge in [0.05, 0.1) is 42.0 Å². The molecule has 7 heteroatoms. The smallest absolute Gasteiger partial charge is 0.338 e. The summed E-state index contributed by atoms with van der Waals surface area (Å²) >= 11 is 0. The van der Waals surface area contributed by atoms with Crippen LogP contribution in [0.3, 0.4) is 0 Å². The molecule has 1 aliphatic rings. The summed E-state index contributed by atoms with van der Waals surface area (Å²) in [5, 5.41) is 0. The standard InChI is InChI=1S/C19H21NO5S/c1-3-24-19(21)15-6-8-16(9-7-15)20(12-17-13-25-17)26(22,23)18-10-4-14(2)5-11-18/h4-11,17H,3,12-13H2,1-2H3/t17-/m1/s1. The first-order chi connectivity index (χ1) is 12.4. The molecule has 0 amide bonds. The van der Waals surface area contributed by atoms with Gasteiger partial charge >= 0.3 is 5.97 Å². The van der Waals surface area contributed by atoms with Crippen molar-refractivity contribution >= 4 is 21.7 Å². The van der Waals surface area contributed by atoms with E-state index in [1.165, 1.54) is 4.31 Å². The van der Waals surface area contributed by atoms with Crippen LogP contribution in [0.4, 0.5) is 5.69 Å². The third-order valence-corrected chi connectivity index (χ3v) is 5.86. The third-order valence-electron chi connectivity index (χ3n) is 4.05. The fourth-order valence-electron chi connectivity index (χ4n) is 2.52. The third kappa shape index (κ3) is 4.05. The fraction of sp³-hybridized carbons (Fsp3) is 0.316. The first kappa shape index (κ1) is 18.4. The number of carbonyl (C=O) groups excluding carboxylic acids is 1. The highest BCUT2D eigenvalue weighted by Crippen LogP contribution is 2.27. The van der Waals surface area contributed by atoms with Gasteiger partial charge in [-0.15, -0.1) is 0 Å². The number of hydrogen-bond acceptors (Lipinski definition) is 5. The molecule has 1 fully saturated rings. The van der Waals surface area contributed by atoms with Gasteiger partial charge in [-0.1, -0.05) is 17.7 Å². The summed E-state index contributed by atoms with van der Waals surface area (Å²) < 4.78 is 37.7. The quantitative estimate of drug-likeness (QED) is 0.549. The molecule has 1 heterocycles. The second-order valence-electron chi connectivity index (χ2n) is 6.07. The van der Waals surface area contributed by atoms with E-state index >= 15 is 0 Å². The Morgan fingerprint density at radius 2 is 1.77 bits per heavy atom. The number of nitrogens with zero attached hydrogens (tertiary/aromatic N) is 1. The lowest BCUT2D eigenvalue weighted by Gasteiger charge is -2.24. The predicted octanol–water partition coefficient (Wildman–Crippen LogP) is 2.77. The lowest BCUT2D eigenvalue weighted by molar-refractivity contribution is 0.0526. The van der Waals surface area contributed by atoms with Crippen LogP contribution in [0, 0.1) is 6.92 Å². The SMILES string of the molecule is CCOC(=O)c1ccc(N(C[C@@H]2CO2)S(=O)(=O)c2ccc(C)cc2)cc1. The molecule has 1 aliphatic heterocycles. The zero-order valence-corrected chi connectivity index (χ0v) is 15.5. The van der Waals surface area contributed by atoms with Crippen molar-refractivity contribution in [1.29, 1.82) is 0 Å². The molecular formula is C19H21NO5S. The number of hydrogen-bond donors (Lipinski definition) is 0. The van der Waals surface area contributed by atoms with Crippen LogP contribution in [-0.4, -0.2) is 40.2 Å². The predicted molar refractivity (Wildman–Crippen MR) is 97.8 cm³/mol. The van der Waals surface area contributed by atoms with Crippen molar-refractivity contribution in [3.8, 4) is 0 Å². The summed E-state index contributed by atoms with van der Waals surface area (Å²) in [6, 6.07) is 13.1. The Morgan fingerprint density at radius 1 is 1.15 bits per heavy atom. The Hall–Kier alpha value is -2.38. The summed E-state index contributed by atoms with van der Waals surface area (Å²) in [5.74, 6) is -0.433. The second-order valence-corrected chi connectivity index (χ2v) is 7.93. The topological polar surface area (TPSA) is 76.2 Å². The second kappa shape index (κ2) is 7.47. The van der Waals surface area contributed by atoms with Crippen molar-refractivity contribution in [3.05, 3.63) is 59.7 Å². The molecule has 0 aromatic heterocycles. The number of ether oxygens (including phenoxy) is 2. The van der Waals surface area contributed by atoms with Crippen LogP contribution in [0.1, 0.15) is 22.8 Å². The molecule has 1 saturated heterocycles. The van der Waals surface area contributed by atoms with E-state index in [1.807, 2.05) is 6.92 Å². The van der Waals surface area contributed by atoms with E-state index in [1.54, 1.807) is 55.5 Å². The van der Waals surface area contributed by atoms with E-state index in [4.69, 9.17) is 9.47 Å². The highest BCUT2D eigenvalue weighted by atomic mass is 32.2. The molecule has 0 radical (unpaired) electrons. The van der Waals surface area contributed by atoms with Crippen LogP contribution in [0.5, 0.6) is 0 Å². The number of anilines is 1. The molecule has 0 unspecified atom stereocenters. The Bertz CT molecular complexity index is 871. The molecule has 0 saturated carbocycles. The van der Waals surface area contributed by atoms with E-state index < -0.39 is 16.0 Å². The van der Waals surface area contributed by atoms with E-state index in [2.05, 4.69) is 0 Å². The number of esters is 1. The van der Waals surface area contributed by atoms with Gasteiger partial charge in [0.2, 0.25) is 0 Å². The molecule has 1 atom stereocenters. The van der Waals surface area contributed by atoms with Gasteiger partial charge in [-0.25, -0.2) is 13.2 Å². The van der Waals surface area contributed by atoms with Gasteiger partial charge in [-0.2, -0.15) is 0 Å². The molecular weight excluding hydrogens is 354 g/mol. The minimum Gasteiger partial charge on any atom is -0.462 e. The molecule has 26 heavy (non-hydrogen) atoms. The molecule has 0 aliphatic carbocycles. The maximum absolute atomic E-state index is 13.1. The van der Waals surface area contributed by atoms with Crippen LogP contribution in [-0.2, 0) is 19.5 Å². The van der Waals surface area contributed by atoms with Crippen LogP contribution >= 0.6 is 0 Å². The number of sulfonamides is 1. The van der Waals surface area contributed by atoms with Gasteiger partial charge in [0.1, 0.15) is 0 Å². The fourth-order valence-corrected chi connectivity index (χ4v) is 4.01. The van der Waals surface area contributed by atoms with Crippen LogP contribution in [0.25, 0.3) is 0 Å². The molecule has 2 aromatic carbocycles. The molecule has 0 spiro atoms. The summed E-state index contributed by atoms with van der Waals surface area (Å²) in [4.78, 5) is 12.0. The zero-order valence-electron chi connectivity index (χ0n) is 14.7. The van der Waals surface area contributed by atoms with Crippen molar-refractivity contribution in [2.24, 2.45) is 0 Å². The van der Waals surface area contributed by atoms with E-state index in [0.717, 1.165) is 5.56 Å². The van der Waals surface area contributed by atoms with Crippen molar-refractivity contribution in [3.63, 3.8) is 0 Å². The average molecular weight is 375 g/mol. The number of carbonyl (C=O) groups is 1. The normalized spacial score (nSPS) is 16.2. The van der Waals surface area contributed by atoms with Gasteiger partial charge in [0, 0.05) is 0 Å². The number of rotatable bonds is 7. The molecule has 2 aromatic rings. The minimum absolute atomic E-state index is 0.111. The molecule has 3 rings (SSSR count). The summed E-state index contributed by atoms with van der Waals surface area (Å²) in [6.45, 7) is 4.70. The van der Waals surface area contributed by atoms with Gasteiger partial charge < -0.3 is 9.47 Å². The number of aryl methyl sites for hydroxylation is 1. The maximum atomic E-state index is 13.1. The summed E-state index contributed by atoms with van der Waals surface area (Å²) in [6.07, 6.45) is -0.111. The van der Waals surface area contributed by atoms with Crippen molar-refractivity contribution in [2.75, 3.05) is 24.1 Å². The van der Waals surface area contributed by atoms with Gasteiger partial charge in [-0.05, 0) is 50.2 Å². The Labute approximate surface area is 153 Å². The van der Waals surface area contributed by atoms with Gasteiger partial charge in [-0.3, -0.25) is 4.31 Å². The molecule has 6 nitrogen and oxygen atoms in total. The van der Waals surface area contributed by atoms with Crippen molar-refractivity contribution in [2.45, 2.75) is 24.8 Å². The first-order valence-electron chi connectivity index (χ1n) is 8.40. The van der Waals surface area contributed by atoms with Gasteiger partial charge in [0.15, 0.2) is 0 Å². The Morgan fingerprint density at radius 3 is 2.31 bits per heavy atom. The molecule has 0 bridgehead atoms. The lowest BCUT2D eigenvalue weighted by Crippen LogP contribution is -2.34. The van der Waals surface area contributed by atoms with Crippen LogP contribution in [0.15, 0.2) is 53.4 Å². The highest BCUT2D eigenvalue weighted by molar-refractivity contribution is 7.92. The van der Waals surface area contributed by atoms with Crippen LogP contribution < -0.4 is 4.31 Å². The summed E-state index contributed by atoms with van der Waals surface area (Å²) in [7, 11) is -3.73. The van der Waals surface area contributed by atoms with E-state index in [0.29, 0.717) is 17.9 Å². The molecule has 0 N–H and O–H groups in total. The number of benzene rings is 2. The van der Waals surface area contributed by atoms with Crippen LogP contribution in [0.2, 0.25) is 0 Å². The Kier molecular flexibility index (Phi) is 5.29. The average Bonchev–Trinajstić information content (AvgIpc) is 3.44. The van der Waals surface area contributed by atoms with Crippen molar-refractivity contribution in [1.82, 2.24) is 0 Å². The lowest BCUT2D eigenvalue weighted by atomic mass is 10.2. The first-order valence-corrected chi connectivity index (χ1v) is 9.84. The Balaban J connectivity index is 1.92. The number of epoxide rings is 1.